The molecule has 5 nitrogen and oxygen atoms in total. The molecule has 1 N–H and O–H groups in total. The van der Waals surface area contributed by atoms with Crippen molar-refractivity contribution < 1.29 is 22.7 Å². The predicted octanol–water partition coefficient (Wildman–Crippen LogP) is 3.07. The first-order valence-corrected chi connectivity index (χ1v) is 9.17. The molecule has 0 spiro atoms. The number of halogens is 3. The lowest BCUT2D eigenvalue weighted by molar-refractivity contribution is -0.141. The van der Waals surface area contributed by atoms with E-state index in [1.54, 1.807) is 13.2 Å². The number of amides is 1. The van der Waals surface area contributed by atoms with Crippen molar-refractivity contribution >= 4 is 5.91 Å². The summed E-state index contributed by atoms with van der Waals surface area (Å²) in [5.74, 6) is -0.00817. The third-order valence-electron chi connectivity index (χ3n) is 4.90. The minimum atomic E-state index is -4.41. The van der Waals surface area contributed by atoms with Gasteiger partial charge in [0.2, 0.25) is 5.91 Å². The van der Waals surface area contributed by atoms with Crippen LogP contribution < -0.4 is 5.32 Å². The maximum Gasteiger partial charge on any atom is 0.433 e. The number of aromatic nitrogens is 1. The molecule has 1 amide bonds. The smallest absolute Gasteiger partial charge is 0.384 e. The minimum absolute atomic E-state index is 0.0405. The summed E-state index contributed by atoms with van der Waals surface area (Å²) in [6, 6.07) is 4.11. The molecule has 1 aromatic rings. The lowest BCUT2D eigenvalue weighted by Gasteiger charge is -2.32. The number of hydrogen-bond acceptors (Lipinski definition) is 4. The molecule has 1 aromatic heterocycles. The molecule has 0 bridgehead atoms. The Bertz CT molecular complexity index is 627. The Hall–Kier alpha value is -1.67. The number of alkyl halides is 3. The van der Waals surface area contributed by atoms with E-state index in [2.05, 4.69) is 15.2 Å². The number of ether oxygens (including phenoxy) is 1. The summed E-state index contributed by atoms with van der Waals surface area (Å²) >= 11 is 0. The molecule has 0 aromatic carbocycles. The van der Waals surface area contributed by atoms with Crippen LogP contribution in [0.25, 0.3) is 0 Å². The average molecular weight is 387 g/mol. The minimum Gasteiger partial charge on any atom is -0.384 e. The van der Waals surface area contributed by atoms with E-state index in [4.69, 9.17) is 4.74 Å². The van der Waals surface area contributed by atoms with Crippen molar-refractivity contribution in [3.8, 4) is 0 Å². The monoisotopic (exact) mass is 387 g/mol. The van der Waals surface area contributed by atoms with Gasteiger partial charge in [-0.15, -0.1) is 0 Å². The van der Waals surface area contributed by atoms with Crippen LogP contribution in [-0.4, -0.2) is 55.7 Å². The van der Waals surface area contributed by atoms with E-state index in [9.17, 15) is 18.0 Å². The molecule has 0 aliphatic carbocycles. The van der Waals surface area contributed by atoms with Crippen LogP contribution in [0.5, 0.6) is 0 Å². The normalized spacial score (nSPS) is 17.1. The second-order valence-electron chi connectivity index (χ2n) is 7.63. The number of methoxy groups -OCH3 is 1. The molecule has 2 rings (SSSR count). The van der Waals surface area contributed by atoms with Crippen molar-refractivity contribution in [3.05, 3.63) is 29.6 Å². The van der Waals surface area contributed by atoms with Gasteiger partial charge in [0.25, 0.3) is 0 Å². The molecule has 27 heavy (non-hydrogen) atoms. The Morgan fingerprint density at radius 2 is 1.96 bits per heavy atom. The number of carbonyl (C=O) groups excluding carboxylic acids is 1. The fourth-order valence-corrected chi connectivity index (χ4v) is 3.28. The lowest BCUT2D eigenvalue weighted by atomic mass is 9.92. The third kappa shape index (κ3) is 6.17. The van der Waals surface area contributed by atoms with E-state index in [0.29, 0.717) is 18.8 Å². The van der Waals surface area contributed by atoms with Crippen molar-refractivity contribution in [1.29, 1.82) is 0 Å². The van der Waals surface area contributed by atoms with Crippen molar-refractivity contribution in [2.24, 2.45) is 5.41 Å². The van der Waals surface area contributed by atoms with Crippen molar-refractivity contribution in [1.82, 2.24) is 15.2 Å². The quantitative estimate of drug-likeness (QED) is 0.781. The Labute approximate surface area is 158 Å². The maximum atomic E-state index is 12.8. The van der Waals surface area contributed by atoms with Gasteiger partial charge in [-0.2, -0.15) is 13.2 Å². The van der Waals surface area contributed by atoms with Crippen molar-refractivity contribution in [2.75, 3.05) is 39.9 Å². The summed E-state index contributed by atoms with van der Waals surface area (Å²) in [4.78, 5) is 18.2. The zero-order valence-electron chi connectivity index (χ0n) is 16.1. The van der Waals surface area contributed by atoms with Gasteiger partial charge in [0.05, 0.1) is 12.0 Å². The molecule has 0 radical (unpaired) electrons. The number of nitrogens with zero attached hydrogens (tertiary/aromatic N) is 2. The van der Waals surface area contributed by atoms with Gasteiger partial charge in [-0.05, 0) is 51.9 Å². The average Bonchev–Trinajstić information content (AvgIpc) is 2.61. The second-order valence-corrected chi connectivity index (χ2v) is 7.63. The largest absolute Gasteiger partial charge is 0.433 e. The zero-order valence-corrected chi connectivity index (χ0v) is 16.1. The van der Waals surface area contributed by atoms with Gasteiger partial charge in [-0.1, -0.05) is 6.07 Å². The molecule has 152 valence electrons. The van der Waals surface area contributed by atoms with E-state index in [1.165, 1.54) is 6.07 Å². The van der Waals surface area contributed by atoms with Gasteiger partial charge >= 0.3 is 6.18 Å². The third-order valence-corrected chi connectivity index (χ3v) is 4.90. The standard InChI is InChI=1S/C19H28F3N3O2/c1-18(2,13-27-3)17(26)23-9-12-25-10-7-14(8-11-25)15-5-4-6-16(24-15)19(20,21)22/h4-6,14H,7-13H2,1-3H3,(H,23,26). The molecule has 1 fully saturated rings. The molecule has 2 heterocycles. The molecule has 1 saturated heterocycles. The van der Waals surface area contributed by atoms with E-state index < -0.39 is 17.3 Å². The summed E-state index contributed by atoms with van der Waals surface area (Å²) in [7, 11) is 1.57. The van der Waals surface area contributed by atoms with Gasteiger partial charge in [0.1, 0.15) is 5.69 Å². The summed E-state index contributed by atoms with van der Waals surface area (Å²) in [5, 5.41) is 2.92. The first kappa shape index (κ1) is 21.6. The van der Waals surface area contributed by atoms with Crippen LogP contribution in [-0.2, 0) is 15.7 Å². The molecule has 1 aliphatic heterocycles. The molecule has 8 heteroatoms. The summed E-state index contributed by atoms with van der Waals surface area (Å²) in [5.41, 5.74) is -0.889. The fraction of sp³-hybridized carbons (Fsp3) is 0.684. The Balaban J connectivity index is 1.78. The van der Waals surface area contributed by atoms with Gasteiger partial charge < -0.3 is 15.0 Å². The van der Waals surface area contributed by atoms with Gasteiger partial charge in [-0.3, -0.25) is 4.79 Å². The number of rotatable bonds is 7. The Morgan fingerprint density at radius 3 is 2.56 bits per heavy atom. The van der Waals surface area contributed by atoms with Crippen LogP contribution in [0.4, 0.5) is 13.2 Å². The number of carbonyl (C=O) groups is 1. The topological polar surface area (TPSA) is 54.5 Å². The van der Waals surface area contributed by atoms with Gasteiger partial charge in [0.15, 0.2) is 0 Å². The maximum absolute atomic E-state index is 12.8. The summed E-state index contributed by atoms with van der Waals surface area (Å²) < 4.78 is 43.5. The van der Waals surface area contributed by atoms with Crippen LogP contribution in [0, 0.1) is 5.41 Å². The van der Waals surface area contributed by atoms with Crippen molar-refractivity contribution in [3.63, 3.8) is 0 Å². The SMILES string of the molecule is COCC(C)(C)C(=O)NCCN1CCC(c2cccc(C(F)(F)F)n2)CC1. The molecule has 0 atom stereocenters. The number of piperidine rings is 1. The number of pyridine rings is 1. The number of nitrogens with one attached hydrogen (secondary N) is 1. The first-order valence-electron chi connectivity index (χ1n) is 9.17. The predicted molar refractivity (Wildman–Crippen MR) is 96.3 cm³/mol. The fourth-order valence-electron chi connectivity index (χ4n) is 3.28. The highest BCUT2D eigenvalue weighted by atomic mass is 19.4. The highest BCUT2D eigenvalue weighted by Crippen LogP contribution is 2.31. The molecule has 1 aliphatic rings. The molecule has 0 unspecified atom stereocenters. The second kappa shape index (κ2) is 9.01. The van der Waals surface area contributed by atoms with E-state index >= 15 is 0 Å². The Kier molecular flexibility index (Phi) is 7.22. The molecular weight excluding hydrogens is 359 g/mol. The van der Waals surface area contributed by atoms with E-state index in [1.807, 2.05) is 13.8 Å². The van der Waals surface area contributed by atoms with Crippen molar-refractivity contribution in [2.45, 2.75) is 38.8 Å². The molecular formula is C19H28F3N3O2. The number of likely N-dealkylation sites (tertiary alicyclic amines) is 1. The van der Waals surface area contributed by atoms with Crippen LogP contribution in [0.3, 0.4) is 0 Å². The van der Waals surface area contributed by atoms with Crippen LogP contribution in [0.15, 0.2) is 18.2 Å². The molecule has 0 saturated carbocycles. The van der Waals surface area contributed by atoms with Crippen LogP contribution in [0.1, 0.15) is 44.0 Å². The zero-order chi connectivity index (χ0) is 20.1. The highest BCUT2D eigenvalue weighted by molar-refractivity contribution is 5.81. The number of hydrogen-bond donors (Lipinski definition) is 1. The van der Waals surface area contributed by atoms with Gasteiger partial charge in [0, 0.05) is 31.8 Å². The Morgan fingerprint density at radius 1 is 1.30 bits per heavy atom. The summed E-state index contributed by atoms with van der Waals surface area (Å²) in [6.07, 6.45) is -2.89. The van der Waals surface area contributed by atoms with Crippen LogP contribution in [0.2, 0.25) is 0 Å². The van der Waals surface area contributed by atoms with E-state index in [-0.39, 0.29) is 11.8 Å². The summed E-state index contributed by atoms with van der Waals surface area (Å²) in [6.45, 7) is 6.84. The lowest BCUT2D eigenvalue weighted by Crippen LogP contribution is -2.44. The van der Waals surface area contributed by atoms with Crippen LogP contribution >= 0.6 is 0 Å². The van der Waals surface area contributed by atoms with Gasteiger partial charge in [-0.25, -0.2) is 4.98 Å². The van der Waals surface area contributed by atoms with E-state index in [0.717, 1.165) is 38.5 Å². The highest BCUT2D eigenvalue weighted by Gasteiger charge is 2.33. The first-order chi connectivity index (χ1) is 12.6.